The van der Waals surface area contributed by atoms with Crippen LogP contribution in [0.5, 0.6) is 0 Å². The molecule has 0 unspecified atom stereocenters. The summed E-state index contributed by atoms with van der Waals surface area (Å²) in [5.41, 5.74) is 0.275. The first-order valence-corrected chi connectivity index (χ1v) is 7.46. The van der Waals surface area contributed by atoms with Gasteiger partial charge in [0.2, 0.25) is 0 Å². The van der Waals surface area contributed by atoms with Crippen molar-refractivity contribution in [3.8, 4) is 6.07 Å². The molecule has 3 rings (SSSR count). The van der Waals surface area contributed by atoms with Crippen LogP contribution in [0.4, 0.5) is 13.2 Å². The number of nitrogens with zero attached hydrogens (tertiary/aromatic N) is 2. The summed E-state index contributed by atoms with van der Waals surface area (Å²) in [5, 5.41) is 9.02. The van der Waals surface area contributed by atoms with Crippen molar-refractivity contribution in [1.82, 2.24) is 9.97 Å². The van der Waals surface area contributed by atoms with E-state index in [1.54, 1.807) is 12.1 Å². The molecule has 0 bridgehead atoms. The van der Waals surface area contributed by atoms with Crippen molar-refractivity contribution in [2.45, 2.75) is 37.8 Å². The molecule has 24 heavy (non-hydrogen) atoms. The molecular weight excluding hydrogens is 319 g/mol. The van der Waals surface area contributed by atoms with Crippen LogP contribution < -0.4 is 5.56 Å². The fourth-order valence-electron chi connectivity index (χ4n) is 3.25. The van der Waals surface area contributed by atoms with E-state index in [9.17, 15) is 18.0 Å². The largest absolute Gasteiger partial charge is 0.433 e. The molecule has 1 N–H and O–H groups in total. The number of aromatic amines is 1. The second kappa shape index (κ2) is 5.78. The summed E-state index contributed by atoms with van der Waals surface area (Å²) in [6, 6.07) is 7.52. The third-order valence-corrected chi connectivity index (χ3v) is 4.40. The number of alkyl halides is 3. The van der Waals surface area contributed by atoms with E-state index in [-0.39, 0.29) is 11.5 Å². The van der Waals surface area contributed by atoms with Gasteiger partial charge < -0.3 is 4.98 Å². The molecule has 1 aliphatic rings. The quantitative estimate of drug-likeness (QED) is 0.912. The molecule has 4 nitrogen and oxygen atoms in total. The molecule has 124 valence electrons. The number of aromatic nitrogens is 2. The maximum Gasteiger partial charge on any atom is 0.433 e. The molecule has 7 heteroatoms. The number of hydrogen-bond acceptors (Lipinski definition) is 3. The zero-order valence-electron chi connectivity index (χ0n) is 12.8. The Hall–Kier alpha value is -2.62. The van der Waals surface area contributed by atoms with Crippen LogP contribution in [0.15, 0.2) is 29.3 Å². The maximum absolute atomic E-state index is 13.1. The minimum Gasteiger partial charge on any atom is -0.313 e. The van der Waals surface area contributed by atoms with E-state index in [0.29, 0.717) is 18.4 Å². The smallest absolute Gasteiger partial charge is 0.313 e. The second-order valence-electron chi connectivity index (χ2n) is 6.10. The summed E-state index contributed by atoms with van der Waals surface area (Å²) in [5.74, 6) is -0.433. The monoisotopic (exact) mass is 333 g/mol. The molecule has 0 aliphatic heterocycles. The van der Waals surface area contributed by atoms with E-state index in [1.807, 2.05) is 13.0 Å². The number of nitriles is 1. The highest BCUT2D eigenvalue weighted by Crippen LogP contribution is 2.49. The van der Waals surface area contributed by atoms with Crippen LogP contribution in [0.3, 0.4) is 0 Å². The van der Waals surface area contributed by atoms with Crippen LogP contribution in [0.1, 0.15) is 52.6 Å². The summed E-state index contributed by atoms with van der Waals surface area (Å²) >= 11 is 0. The number of rotatable bonds is 2. The Bertz CT molecular complexity index is 874. The summed E-state index contributed by atoms with van der Waals surface area (Å²) in [6.07, 6.45) is -2.99. The van der Waals surface area contributed by atoms with Crippen molar-refractivity contribution in [3.05, 3.63) is 62.8 Å². The maximum atomic E-state index is 13.1. The Morgan fingerprint density at radius 1 is 1.25 bits per heavy atom. The van der Waals surface area contributed by atoms with Gasteiger partial charge in [-0.25, -0.2) is 4.98 Å². The Balaban J connectivity index is 1.87. The van der Waals surface area contributed by atoms with Gasteiger partial charge in [-0.3, -0.25) is 4.79 Å². The number of benzene rings is 1. The predicted molar refractivity (Wildman–Crippen MR) is 80.5 cm³/mol. The van der Waals surface area contributed by atoms with Crippen molar-refractivity contribution in [3.63, 3.8) is 0 Å². The molecule has 1 aromatic heterocycles. The minimum absolute atomic E-state index is 0.0442. The van der Waals surface area contributed by atoms with E-state index in [1.165, 1.54) is 0 Å². The summed E-state index contributed by atoms with van der Waals surface area (Å²) in [4.78, 5) is 17.4. The number of H-pyrrole nitrogens is 1. The van der Waals surface area contributed by atoms with Gasteiger partial charge in [0.25, 0.3) is 5.56 Å². The van der Waals surface area contributed by atoms with E-state index in [4.69, 9.17) is 5.26 Å². The zero-order chi connectivity index (χ0) is 17.5. The van der Waals surface area contributed by atoms with Crippen LogP contribution in [0, 0.1) is 18.3 Å². The average Bonchev–Trinajstić information content (AvgIpc) is 2.45. The molecule has 1 aliphatic carbocycles. The number of nitrogens with one attached hydrogen (secondary N) is 1. The first-order valence-electron chi connectivity index (χ1n) is 7.46. The number of aryl methyl sites for hydroxylation is 1. The van der Waals surface area contributed by atoms with Crippen molar-refractivity contribution in [1.29, 1.82) is 5.26 Å². The Kier molecular flexibility index (Phi) is 3.91. The van der Waals surface area contributed by atoms with E-state index >= 15 is 0 Å². The summed E-state index contributed by atoms with van der Waals surface area (Å²) in [7, 11) is 0. The Morgan fingerprint density at radius 2 is 1.96 bits per heavy atom. The van der Waals surface area contributed by atoms with E-state index in [2.05, 4.69) is 16.0 Å². The molecule has 0 spiro atoms. The summed E-state index contributed by atoms with van der Waals surface area (Å²) in [6.45, 7) is 1.87. The highest BCUT2D eigenvalue weighted by atomic mass is 19.4. The van der Waals surface area contributed by atoms with Gasteiger partial charge in [0, 0.05) is 0 Å². The highest BCUT2D eigenvalue weighted by molar-refractivity contribution is 5.40. The van der Waals surface area contributed by atoms with Gasteiger partial charge in [0.15, 0.2) is 5.69 Å². The number of hydrogen-bond donors (Lipinski definition) is 1. The average molecular weight is 333 g/mol. The number of halogens is 3. The highest BCUT2D eigenvalue weighted by Gasteiger charge is 2.42. The molecule has 1 saturated carbocycles. The van der Waals surface area contributed by atoms with Gasteiger partial charge in [0.05, 0.1) is 23.5 Å². The molecule has 0 amide bonds. The van der Waals surface area contributed by atoms with Crippen LogP contribution in [-0.4, -0.2) is 9.97 Å². The lowest BCUT2D eigenvalue weighted by atomic mass is 9.68. The topological polar surface area (TPSA) is 69.5 Å². The SMILES string of the molecule is Cc1cc(C#N)cc(C2CC(c3c(C(F)(F)F)nc[nH]c3=O)C2)c1. The van der Waals surface area contributed by atoms with Gasteiger partial charge in [-0.2, -0.15) is 18.4 Å². The normalized spacial score (nSPS) is 20.3. The van der Waals surface area contributed by atoms with Crippen molar-refractivity contribution in [2.24, 2.45) is 0 Å². The van der Waals surface area contributed by atoms with Crippen molar-refractivity contribution in [2.75, 3.05) is 0 Å². The van der Waals surface area contributed by atoms with Crippen LogP contribution in [0.25, 0.3) is 0 Å². The van der Waals surface area contributed by atoms with Gasteiger partial charge >= 0.3 is 6.18 Å². The third-order valence-electron chi connectivity index (χ3n) is 4.40. The lowest BCUT2D eigenvalue weighted by Crippen LogP contribution is -2.31. The molecule has 0 atom stereocenters. The molecule has 1 aromatic carbocycles. The van der Waals surface area contributed by atoms with Crippen molar-refractivity contribution < 1.29 is 13.2 Å². The lowest BCUT2D eigenvalue weighted by Gasteiger charge is -2.36. The molecule has 0 radical (unpaired) electrons. The van der Waals surface area contributed by atoms with Gasteiger partial charge in [-0.15, -0.1) is 0 Å². The van der Waals surface area contributed by atoms with Crippen LogP contribution in [0.2, 0.25) is 0 Å². The van der Waals surface area contributed by atoms with Crippen LogP contribution >= 0.6 is 0 Å². The fourth-order valence-corrected chi connectivity index (χ4v) is 3.25. The lowest BCUT2D eigenvalue weighted by molar-refractivity contribution is -0.142. The van der Waals surface area contributed by atoms with Gasteiger partial charge in [0.1, 0.15) is 0 Å². The Labute approximate surface area is 136 Å². The first kappa shape index (κ1) is 16.2. The fraction of sp³-hybridized carbons (Fsp3) is 0.353. The van der Waals surface area contributed by atoms with Crippen LogP contribution in [-0.2, 0) is 6.18 Å². The third kappa shape index (κ3) is 2.92. The van der Waals surface area contributed by atoms with Gasteiger partial charge in [-0.05, 0) is 54.9 Å². The zero-order valence-corrected chi connectivity index (χ0v) is 12.8. The van der Waals surface area contributed by atoms with Gasteiger partial charge in [-0.1, -0.05) is 6.07 Å². The predicted octanol–water partition coefficient (Wildman–Crippen LogP) is 3.63. The first-order chi connectivity index (χ1) is 11.3. The molecule has 1 heterocycles. The second-order valence-corrected chi connectivity index (χ2v) is 6.10. The molecule has 0 saturated heterocycles. The summed E-state index contributed by atoms with van der Waals surface area (Å²) < 4.78 is 39.2. The van der Waals surface area contributed by atoms with Crippen molar-refractivity contribution >= 4 is 0 Å². The molecule has 1 fully saturated rings. The Morgan fingerprint density at radius 3 is 2.58 bits per heavy atom. The van der Waals surface area contributed by atoms with E-state index < -0.39 is 23.3 Å². The molecular formula is C17H14F3N3O. The standard InChI is InChI=1S/C17H14F3N3O/c1-9-2-10(7-21)4-11(3-9)12-5-13(6-12)14-15(17(18,19)20)22-8-23-16(14)24/h2-4,8,12-13H,5-6H2,1H3,(H,22,23,24). The van der Waals surface area contributed by atoms with E-state index in [0.717, 1.165) is 17.5 Å². The minimum atomic E-state index is -4.65. The molecule has 2 aromatic rings.